The highest BCUT2D eigenvalue weighted by molar-refractivity contribution is 5.95. The van der Waals surface area contributed by atoms with Gasteiger partial charge in [-0.2, -0.15) is 0 Å². The predicted molar refractivity (Wildman–Crippen MR) is 64.7 cm³/mol. The lowest BCUT2D eigenvalue weighted by molar-refractivity contribution is 0.809. The first-order valence-electron chi connectivity index (χ1n) is 4.98. The van der Waals surface area contributed by atoms with Gasteiger partial charge in [-0.15, -0.1) is 0 Å². The van der Waals surface area contributed by atoms with Crippen LogP contribution in [0, 0.1) is 0 Å². The third kappa shape index (κ3) is 3.25. The van der Waals surface area contributed by atoms with Crippen molar-refractivity contribution in [2.75, 3.05) is 11.9 Å². The summed E-state index contributed by atoms with van der Waals surface area (Å²) < 4.78 is 0. The first-order chi connectivity index (χ1) is 7.15. The lowest BCUT2D eigenvalue weighted by Crippen LogP contribution is -2.43. The van der Waals surface area contributed by atoms with Crippen molar-refractivity contribution < 1.29 is 0 Å². The van der Waals surface area contributed by atoms with E-state index in [-0.39, 0.29) is 6.04 Å². The Kier molecular flexibility index (Phi) is 4.12. The summed E-state index contributed by atoms with van der Waals surface area (Å²) in [7, 11) is 1.93. The summed E-state index contributed by atoms with van der Waals surface area (Å²) >= 11 is 0. The van der Waals surface area contributed by atoms with Crippen LogP contribution in [0.3, 0.4) is 0 Å². The second-order valence-electron chi connectivity index (χ2n) is 3.59. The summed E-state index contributed by atoms with van der Waals surface area (Å²) in [5.41, 5.74) is 3.66. The topological polar surface area (TPSA) is 53.6 Å². The van der Waals surface area contributed by atoms with Gasteiger partial charge in [0, 0.05) is 18.8 Å². The number of hydrogen-bond donors (Lipinski definition) is 2. The second kappa shape index (κ2) is 5.36. The van der Waals surface area contributed by atoms with E-state index in [4.69, 9.17) is 5.84 Å². The highest BCUT2D eigenvalue weighted by Gasteiger charge is 2.06. The molecule has 4 heteroatoms. The summed E-state index contributed by atoms with van der Waals surface area (Å²) in [6.07, 6.45) is 0. The quantitative estimate of drug-likeness (QED) is 0.332. The predicted octanol–water partition coefficient (Wildman–Crippen LogP) is 1.35. The molecule has 0 aliphatic heterocycles. The minimum Gasteiger partial charge on any atom is -0.315 e. The van der Waals surface area contributed by atoms with Gasteiger partial charge in [-0.3, -0.25) is 5.43 Å². The fraction of sp³-hybridized carbons (Fsp3) is 0.364. The molecule has 0 saturated heterocycles. The van der Waals surface area contributed by atoms with Gasteiger partial charge < -0.3 is 4.90 Å². The van der Waals surface area contributed by atoms with Gasteiger partial charge in [0.05, 0.1) is 0 Å². The minimum atomic E-state index is 0.210. The molecule has 0 atom stereocenters. The highest BCUT2D eigenvalue weighted by Crippen LogP contribution is 2.10. The van der Waals surface area contributed by atoms with Gasteiger partial charge in [0.25, 0.3) is 0 Å². The average Bonchev–Trinajstić information content (AvgIpc) is 2.26. The lowest BCUT2D eigenvalue weighted by Gasteiger charge is -2.21. The van der Waals surface area contributed by atoms with E-state index in [1.165, 1.54) is 0 Å². The summed E-state index contributed by atoms with van der Waals surface area (Å²) in [5, 5.41) is 0. The number of nitrogens with zero attached hydrogens (tertiary/aromatic N) is 2. The zero-order valence-electron chi connectivity index (χ0n) is 9.44. The minimum absolute atomic E-state index is 0.210. The molecule has 0 saturated carbocycles. The van der Waals surface area contributed by atoms with Gasteiger partial charge in [-0.1, -0.05) is 18.2 Å². The second-order valence-corrected chi connectivity index (χ2v) is 3.59. The molecule has 0 bridgehead atoms. The molecular formula is C11H18N4. The van der Waals surface area contributed by atoms with E-state index in [9.17, 15) is 0 Å². The first kappa shape index (κ1) is 11.5. The van der Waals surface area contributed by atoms with Gasteiger partial charge in [0.15, 0.2) is 0 Å². The molecule has 1 rings (SSSR count). The Hall–Kier alpha value is -1.55. The van der Waals surface area contributed by atoms with Gasteiger partial charge >= 0.3 is 0 Å². The molecule has 0 fully saturated rings. The van der Waals surface area contributed by atoms with Crippen LogP contribution in [0.25, 0.3) is 0 Å². The molecule has 0 radical (unpaired) electrons. The highest BCUT2D eigenvalue weighted by atomic mass is 15.4. The summed E-state index contributed by atoms with van der Waals surface area (Å²) in [6, 6.07) is 10.2. The number of aliphatic imine (C=N–C) groups is 1. The number of benzene rings is 1. The zero-order valence-corrected chi connectivity index (χ0v) is 9.44. The van der Waals surface area contributed by atoms with Gasteiger partial charge in [0.1, 0.15) is 0 Å². The van der Waals surface area contributed by atoms with Crippen molar-refractivity contribution in [1.82, 2.24) is 5.43 Å². The normalized spacial score (nSPS) is 11.7. The molecule has 15 heavy (non-hydrogen) atoms. The van der Waals surface area contributed by atoms with Crippen LogP contribution in [-0.2, 0) is 0 Å². The Morgan fingerprint density at radius 2 is 1.93 bits per heavy atom. The van der Waals surface area contributed by atoms with Crippen molar-refractivity contribution in [3.05, 3.63) is 30.3 Å². The molecule has 4 nitrogen and oxygen atoms in total. The Bertz CT molecular complexity index is 319. The van der Waals surface area contributed by atoms with Crippen molar-refractivity contribution in [3.63, 3.8) is 0 Å². The number of nitrogens with two attached hydrogens (primary N) is 1. The molecule has 0 aliphatic rings. The molecule has 1 aromatic carbocycles. The molecule has 1 aromatic rings. The fourth-order valence-electron chi connectivity index (χ4n) is 1.24. The van der Waals surface area contributed by atoms with Crippen LogP contribution in [0.2, 0.25) is 0 Å². The number of nitrogens with one attached hydrogen (secondary N) is 1. The maximum absolute atomic E-state index is 5.44. The zero-order chi connectivity index (χ0) is 11.3. The molecule has 82 valence electrons. The number of rotatable bonds is 2. The molecule has 0 spiro atoms. The molecule has 0 amide bonds. The monoisotopic (exact) mass is 206 g/mol. The van der Waals surface area contributed by atoms with Crippen LogP contribution in [0.5, 0.6) is 0 Å². The summed E-state index contributed by atoms with van der Waals surface area (Å²) in [5.74, 6) is 6.10. The van der Waals surface area contributed by atoms with E-state index in [0.717, 1.165) is 5.69 Å². The van der Waals surface area contributed by atoms with Crippen LogP contribution in [-0.4, -0.2) is 19.0 Å². The molecule has 0 unspecified atom stereocenters. The first-order valence-corrected chi connectivity index (χ1v) is 4.98. The van der Waals surface area contributed by atoms with E-state index < -0.39 is 0 Å². The number of anilines is 1. The summed E-state index contributed by atoms with van der Waals surface area (Å²) in [4.78, 5) is 6.29. The van der Waals surface area contributed by atoms with E-state index in [1.807, 2.05) is 56.1 Å². The van der Waals surface area contributed by atoms with Crippen molar-refractivity contribution >= 4 is 11.6 Å². The number of hydrogen-bond acceptors (Lipinski definition) is 2. The third-order valence-electron chi connectivity index (χ3n) is 1.97. The van der Waals surface area contributed by atoms with E-state index in [2.05, 4.69) is 10.4 Å². The molecular weight excluding hydrogens is 188 g/mol. The van der Waals surface area contributed by atoms with Crippen molar-refractivity contribution in [3.8, 4) is 0 Å². The number of hydrazine groups is 1. The Labute approximate surface area is 90.8 Å². The van der Waals surface area contributed by atoms with Gasteiger partial charge in [0.2, 0.25) is 5.96 Å². The van der Waals surface area contributed by atoms with Crippen molar-refractivity contribution in [2.24, 2.45) is 10.8 Å². The number of guanidine groups is 1. The number of para-hydroxylation sites is 1. The summed E-state index contributed by atoms with van der Waals surface area (Å²) in [6.45, 7) is 4.02. The van der Waals surface area contributed by atoms with Crippen LogP contribution in [0.15, 0.2) is 35.3 Å². The third-order valence-corrected chi connectivity index (χ3v) is 1.97. The van der Waals surface area contributed by atoms with Gasteiger partial charge in [-0.05, 0) is 26.0 Å². The van der Waals surface area contributed by atoms with E-state index in [0.29, 0.717) is 5.96 Å². The van der Waals surface area contributed by atoms with Gasteiger partial charge in [-0.25, -0.2) is 10.8 Å². The fourth-order valence-corrected chi connectivity index (χ4v) is 1.24. The standard InChI is InChI=1S/C11H18N4/c1-9(2)13-11(14-12)15(3)10-7-5-4-6-8-10/h4-9H,12H2,1-3H3,(H,13,14). The lowest BCUT2D eigenvalue weighted by atomic mass is 10.3. The van der Waals surface area contributed by atoms with E-state index >= 15 is 0 Å². The van der Waals surface area contributed by atoms with E-state index in [1.54, 1.807) is 0 Å². The molecule has 0 aromatic heterocycles. The Balaban J connectivity index is 2.87. The average molecular weight is 206 g/mol. The Morgan fingerprint density at radius 3 is 2.40 bits per heavy atom. The van der Waals surface area contributed by atoms with Crippen molar-refractivity contribution in [2.45, 2.75) is 19.9 Å². The van der Waals surface area contributed by atoms with Crippen LogP contribution in [0.4, 0.5) is 5.69 Å². The van der Waals surface area contributed by atoms with Crippen molar-refractivity contribution in [1.29, 1.82) is 0 Å². The molecule has 3 N–H and O–H groups in total. The smallest absolute Gasteiger partial charge is 0.212 e. The van der Waals surface area contributed by atoms with Crippen LogP contribution in [0.1, 0.15) is 13.8 Å². The SMILES string of the molecule is CC(C)N=C(NN)N(C)c1ccccc1. The maximum atomic E-state index is 5.44. The largest absolute Gasteiger partial charge is 0.315 e. The maximum Gasteiger partial charge on any atom is 0.212 e. The van der Waals surface area contributed by atoms with Crippen LogP contribution < -0.4 is 16.2 Å². The molecule has 0 aliphatic carbocycles. The Morgan fingerprint density at radius 1 is 1.33 bits per heavy atom. The van der Waals surface area contributed by atoms with Crippen LogP contribution >= 0.6 is 0 Å². The molecule has 0 heterocycles.